The van der Waals surface area contributed by atoms with Crippen LogP contribution < -0.4 is 10.6 Å². The molecule has 0 aromatic carbocycles. The van der Waals surface area contributed by atoms with Crippen LogP contribution in [0.5, 0.6) is 0 Å². The first-order valence-corrected chi connectivity index (χ1v) is 5.55. The lowest BCUT2D eigenvalue weighted by Crippen LogP contribution is -2.31. The van der Waals surface area contributed by atoms with E-state index in [9.17, 15) is 5.11 Å². The third-order valence-corrected chi connectivity index (χ3v) is 2.85. The maximum atomic E-state index is 9.91. The molecule has 1 aliphatic heterocycles. The number of aliphatic hydroxyl groups is 1. The van der Waals surface area contributed by atoms with E-state index in [4.69, 9.17) is 11.1 Å². The Bertz CT molecular complexity index is 457. The number of nitrogens with one attached hydrogen (secondary N) is 1. The first-order chi connectivity index (χ1) is 7.87. The molecular weight excluding hydrogens is 218 g/mol. The molecule has 0 spiro atoms. The van der Waals surface area contributed by atoms with Gasteiger partial charge in [0.15, 0.2) is 0 Å². The second-order valence-corrected chi connectivity index (χ2v) is 4.78. The van der Waals surface area contributed by atoms with E-state index in [0.29, 0.717) is 31.2 Å². The lowest BCUT2D eigenvalue weighted by Gasteiger charge is -2.19. The summed E-state index contributed by atoms with van der Waals surface area (Å²) in [5.41, 5.74) is 5.94. The fourth-order valence-corrected chi connectivity index (χ4v) is 1.95. The van der Waals surface area contributed by atoms with Gasteiger partial charge in [0.25, 0.3) is 0 Å². The second kappa shape index (κ2) is 3.96. The van der Waals surface area contributed by atoms with Crippen molar-refractivity contribution in [1.82, 2.24) is 9.97 Å². The summed E-state index contributed by atoms with van der Waals surface area (Å²) < 4.78 is 0. The topological polar surface area (TPSA) is 99.1 Å². The predicted molar refractivity (Wildman–Crippen MR) is 65.2 cm³/mol. The molecule has 6 heteroatoms. The zero-order valence-electron chi connectivity index (χ0n) is 10.1. The molecule has 2 rings (SSSR count). The number of amidine groups is 1. The Hall–Kier alpha value is -1.69. The highest BCUT2D eigenvalue weighted by molar-refractivity contribution is 5.93. The van der Waals surface area contributed by atoms with E-state index in [1.807, 2.05) is 11.8 Å². The SMILES string of the molecule is Cc1cc(C(=N)N)nc(N2CCC(C)(O)C2)n1. The molecule has 0 radical (unpaired) electrons. The monoisotopic (exact) mass is 235 g/mol. The number of β-amino-alcohol motifs (C(OH)–C–C–N with tert-alkyl or cyclic N) is 1. The van der Waals surface area contributed by atoms with E-state index < -0.39 is 5.60 Å². The smallest absolute Gasteiger partial charge is 0.226 e. The molecule has 0 saturated carbocycles. The number of rotatable bonds is 2. The van der Waals surface area contributed by atoms with Crippen molar-refractivity contribution in [3.05, 3.63) is 17.5 Å². The van der Waals surface area contributed by atoms with Crippen LogP contribution in [-0.4, -0.2) is 39.6 Å². The number of nitrogens with two attached hydrogens (primary N) is 1. The van der Waals surface area contributed by atoms with Crippen LogP contribution in [0.3, 0.4) is 0 Å². The van der Waals surface area contributed by atoms with Crippen molar-refractivity contribution in [3.8, 4) is 0 Å². The van der Waals surface area contributed by atoms with Crippen molar-refractivity contribution < 1.29 is 5.11 Å². The van der Waals surface area contributed by atoms with Gasteiger partial charge in [0.1, 0.15) is 11.5 Å². The van der Waals surface area contributed by atoms with Crippen LogP contribution >= 0.6 is 0 Å². The van der Waals surface area contributed by atoms with Gasteiger partial charge < -0.3 is 15.7 Å². The van der Waals surface area contributed by atoms with Gasteiger partial charge in [0.05, 0.1) is 5.60 Å². The molecule has 0 bridgehead atoms. The zero-order chi connectivity index (χ0) is 12.6. The Morgan fingerprint density at radius 2 is 2.29 bits per heavy atom. The third-order valence-electron chi connectivity index (χ3n) is 2.85. The number of nitrogens with zero attached hydrogens (tertiary/aromatic N) is 3. The highest BCUT2D eigenvalue weighted by atomic mass is 16.3. The standard InChI is InChI=1S/C11H17N5O/c1-7-5-8(9(12)13)15-10(14-7)16-4-3-11(2,17)6-16/h5,17H,3-4,6H2,1-2H3,(H3,12,13). The van der Waals surface area contributed by atoms with Crippen LogP contribution in [0.25, 0.3) is 0 Å². The van der Waals surface area contributed by atoms with Crippen molar-refractivity contribution in [2.24, 2.45) is 5.73 Å². The largest absolute Gasteiger partial charge is 0.388 e. The Balaban J connectivity index is 2.30. The molecule has 1 aromatic rings. The van der Waals surface area contributed by atoms with E-state index in [2.05, 4.69) is 9.97 Å². The molecular formula is C11H17N5O. The number of aryl methyl sites for hydroxylation is 1. The maximum Gasteiger partial charge on any atom is 0.226 e. The minimum Gasteiger partial charge on any atom is -0.388 e. The molecule has 1 fully saturated rings. The number of hydrogen-bond donors (Lipinski definition) is 3. The molecule has 2 heterocycles. The molecule has 1 aliphatic rings. The summed E-state index contributed by atoms with van der Waals surface area (Å²) in [6.07, 6.45) is 0.694. The zero-order valence-corrected chi connectivity index (χ0v) is 10.1. The normalized spacial score (nSPS) is 24.1. The van der Waals surface area contributed by atoms with Crippen LogP contribution in [0.2, 0.25) is 0 Å². The molecule has 1 atom stereocenters. The fraction of sp³-hybridized carbons (Fsp3) is 0.545. The fourth-order valence-electron chi connectivity index (χ4n) is 1.95. The molecule has 1 unspecified atom stereocenters. The van der Waals surface area contributed by atoms with E-state index in [1.54, 1.807) is 13.0 Å². The lowest BCUT2D eigenvalue weighted by atomic mass is 10.1. The average Bonchev–Trinajstić information content (AvgIpc) is 2.58. The van der Waals surface area contributed by atoms with Crippen LogP contribution in [0.15, 0.2) is 6.07 Å². The van der Waals surface area contributed by atoms with Crippen LogP contribution in [0.4, 0.5) is 5.95 Å². The molecule has 1 aromatic heterocycles. The molecule has 0 aliphatic carbocycles. The Labute approximate surface area is 100.0 Å². The Morgan fingerprint density at radius 1 is 1.59 bits per heavy atom. The van der Waals surface area contributed by atoms with Gasteiger partial charge in [-0.1, -0.05) is 0 Å². The first kappa shape index (κ1) is 11.8. The molecule has 0 amide bonds. The minimum absolute atomic E-state index is 0.0669. The predicted octanol–water partition coefficient (Wildman–Crippen LogP) is 0.0302. The van der Waals surface area contributed by atoms with E-state index in [-0.39, 0.29) is 5.84 Å². The van der Waals surface area contributed by atoms with Gasteiger partial charge in [-0.15, -0.1) is 0 Å². The van der Waals surface area contributed by atoms with Gasteiger partial charge in [0, 0.05) is 18.8 Å². The maximum absolute atomic E-state index is 9.91. The second-order valence-electron chi connectivity index (χ2n) is 4.78. The highest BCUT2D eigenvalue weighted by Crippen LogP contribution is 2.24. The van der Waals surface area contributed by atoms with Gasteiger partial charge >= 0.3 is 0 Å². The molecule has 1 saturated heterocycles. The first-order valence-electron chi connectivity index (χ1n) is 5.55. The number of anilines is 1. The molecule has 4 N–H and O–H groups in total. The van der Waals surface area contributed by atoms with Gasteiger partial charge in [-0.3, -0.25) is 5.41 Å². The lowest BCUT2D eigenvalue weighted by molar-refractivity contribution is 0.0838. The van der Waals surface area contributed by atoms with Crippen molar-refractivity contribution in [1.29, 1.82) is 5.41 Å². The summed E-state index contributed by atoms with van der Waals surface area (Å²) in [4.78, 5) is 10.5. The summed E-state index contributed by atoms with van der Waals surface area (Å²) >= 11 is 0. The van der Waals surface area contributed by atoms with E-state index >= 15 is 0 Å². The number of aromatic nitrogens is 2. The Kier molecular flexibility index (Phi) is 2.74. The van der Waals surface area contributed by atoms with E-state index in [1.165, 1.54) is 0 Å². The van der Waals surface area contributed by atoms with Crippen molar-refractivity contribution in [3.63, 3.8) is 0 Å². The summed E-state index contributed by atoms with van der Waals surface area (Å²) in [6, 6.07) is 1.68. The van der Waals surface area contributed by atoms with Crippen LogP contribution in [-0.2, 0) is 0 Å². The summed E-state index contributed by atoms with van der Waals surface area (Å²) in [5, 5.41) is 17.3. The van der Waals surface area contributed by atoms with Crippen LogP contribution in [0, 0.1) is 12.3 Å². The van der Waals surface area contributed by atoms with Gasteiger partial charge in [-0.05, 0) is 26.3 Å². The Morgan fingerprint density at radius 3 is 2.82 bits per heavy atom. The summed E-state index contributed by atoms with van der Waals surface area (Å²) in [7, 11) is 0. The minimum atomic E-state index is -0.691. The summed E-state index contributed by atoms with van der Waals surface area (Å²) in [6.45, 7) is 4.86. The van der Waals surface area contributed by atoms with Crippen molar-refractivity contribution in [2.45, 2.75) is 25.9 Å². The number of hydrogen-bond acceptors (Lipinski definition) is 5. The van der Waals surface area contributed by atoms with Gasteiger partial charge in [-0.25, -0.2) is 9.97 Å². The average molecular weight is 235 g/mol. The number of nitrogen functional groups attached to an aromatic ring is 1. The third kappa shape index (κ3) is 2.52. The molecule has 6 nitrogen and oxygen atoms in total. The van der Waals surface area contributed by atoms with Gasteiger partial charge in [-0.2, -0.15) is 0 Å². The van der Waals surface area contributed by atoms with Crippen LogP contribution in [0.1, 0.15) is 24.7 Å². The highest BCUT2D eigenvalue weighted by Gasteiger charge is 2.32. The molecule has 17 heavy (non-hydrogen) atoms. The molecule has 92 valence electrons. The van der Waals surface area contributed by atoms with Crippen molar-refractivity contribution in [2.75, 3.05) is 18.0 Å². The van der Waals surface area contributed by atoms with Gasteiger partial charge in [0.2, 0.25) is 5.95 Å². The van der Waals surface area contributed by atoms with Crippen molar-refractivity contribution >= 4 is 11.8 Å². The quantitative estimate of drug-likeness (QED) is 0.496. The summed E-state index contributed by atoms with van der Waals surface area (Å²) in [5.74, 6) is 0.468. The van der Waals surface area contributed by atoms with E-state index in [0.717, 1.165) is 5.69 Å².